The molecule has 0 amide bonds. The normalized spacial score (nSPS) is 16.3. The second kappa shape index (κ2) is 9.04. The Morgan fingerprint density at radius 2 is 1.89 bits per heavy atom. The number of aromatic nitrogens is 1. The summed E-state index contributed by atoms with van der Waals surface area (Å²) >= 11 is 0. The van der Waals surface area contributed by atoms with E-state index in [1.165, 1.54) is 32.4 Å². The number of rotatable bonds is 6. The van der Waals surface area contributed by atoms with Crippen LogP contribution in [0.5, 0.6) is 0 Å². The van der Waals surface area contributed by atoms with Crippen molar-refractivity contribution in [1.29, 1.82) is 0 Å². The number of piperidine rings is 1. The van der Waals surface area contributed by atoms with Gasteiger partial charge in [0.15, 0.2) is 5.96 Å². The molecule has 0 saturated carbocycles. The van der Waals surface area contributed by atoms with Crippen LogP contribution in [-0.2, 0) is 6.54 Å². The van der Waals surface area contributed by atoms with Gasteiger partial charge in [-0.25, -0.2) is 4.98 Å². The third-order valence-corrected chi connectivity index (χ3v) is 5.13. The lowest BCUT2D eigenvalue weighted by Crippen LogP contribution is -2.54. The van der Waals surface area contributed by atoms with Crippen LogP contribution in [-0.4, -0.2) is 48.1 Å². The average Bonchev–Trinajstić information content (AvgIpc) is 3.18. The Morgan fingerprint density at radius 1 is 1.15 bits per heavy atom. The quantitative estimate of drug-likeness (QED) is 0.604. The van der Waals surface area contributed by atoms with Gasteiger partial charge in [-0.1, -0.05) is 24.6 Å². The van der Waals surface area contributed by atoms with Gasteiger partial charge in [0.05, 0.1) is 12.2 Å². The number of aliphatic imine (C=N–C) groups is 1. The van der Waals surface area contributed by atoms with Crippen molar-refractivity contribution in [3.63, 3.8) is 0 Å². The van der Waals surface area contributed by atoms with E-state index >= 15 is 0 Å². The second-order valence-electron chi connectivity index (χ2n) is 7.65. The van der Waals surface area contributed by atoms with E-state index < -0.39 is 0 Å². The summed E-state index contributed by atoms with van der Waals surface area (Å²) in [5.41, 5.74) is 1.94. The molecule has 1 fully saturated rings. The van der Waals surface area contributed by atoms with Crippen LogP contribution in [0.4, 0.5) is 0 Å². The number of likely N-dealkylation sites (tertiary alicyclic amines) is 1. The smallest absolute Gasteiger partial charge is 0.226 e. The average molecular weight is 370 g/mol. The van der Waals surface area contributed by atoms with Crippen LogP contribution in [0.1, 0.15) is 38.8 Å². The molecule has 2 N–H and O–H groups in total. The van der Waals surface area contributed by atoms with E-state index in [1.807, 2.05) is 30.3 Å². The third-order valence-electron chi connectivity index (χ3n) is 5.13. The molecular formula is C21H31N5O. The van der Waals surface area contributed by atoms with Gasteiger partial charge in [-0.15, -0.1) is 0 Å². The number of guanidine groups is 1. The van der Waals surface area contributed by atoms with Crippen LogP contribution in [0.3, 0.4) is 0 Å². The molecule has 1 aliphatic heterocycles. The maximum atomic E-state index is 5.59. The van der Waals surface area contributed by atoms with E-state index in [0.29, 0.717) is 12.4 Å². The van der Waals surface area contributed by atoms with Crippen LogP contribution in [0.15, 0.2) is 46.0 Å². The second-order valence-corrected chi connectivity index (χ2v) is 7.65. The molecule has 27 heavy (non-hydrogen) atoms. The van der Waals surface area contributed by atoms with Gasteiger partial charge in [0.25, 0.3) is 0 Å². The Morgan fingerprint density at radius 3 is 2.59 bits per heavy atom. The van der Waals surface area contributed by atoms with Crippen molar-refractivity contribution in [3.8, 4) is 11.5 Å². The fraction of sp³-hybridized carbons (Fsp3) is 0.524. The summed E-state index contributed by atoms with van der Waals surface area (Å²) in [5, 5.41) is 6.78. The van der Waals surface area contributed by atoms with Crippen molar-refractivity contribution in [2.45, 2.75) is 45.2 Å². The monoisotopic (exact) mass is 369 g/mol. The summed E-state index contributed by atoms with van der Waals surface area (Å²) in [4.78, 5) is 11.5. The van der Waals surface area contributed by atoms with E-state index in [1.54, 1.807) is 13.3 Å². The Kier molecular flexibility index (Phi) is 6.50. The molecule has 0 radical (unpaired) electrons. The molecule has 1 aliphatic rings. The summed E-state index contributed by atoms with van der Waals surface area (Å²) in [7, 11) is 1.79. The van der Waals surface area contributed by atoms with Crippen molar-refractivity contribution in [2.24, 2.45) is 4.99 Å². The predicted molar refractivity (Wildman–Crippen MR) is 110 cm³/mol. The summed E-state index contributed by atoms with van der Waals surface area (Å²) in [6.07, 6.45) is 5.64. The van der Waals surface area contributed by atoms with E-state index in [2.05, 4.69) is 39.4 Å². The highest BCUT2D eigenvalue weighted by molar-refractivity contribution is 5.79. The SMILES string of the molecule is CN=C(NCc1coc(-c2ccccc2)n1)NCC(C)(C)N1CCCCC1. The largest absolute Gasteiger partial charge is 0.444 e. The van der Waals surface area contributed by atoms with Gasteiger partial charge in [-0.2, -0.15) is 0 Å². The molecule has 0 atom stereocenters. The van der Waals surface area contributed by atoms with Crippen molar-refractivity contribution in [1.82, 2.24) is 20.5 Å². The van der Waals surface area contributed by atoms with Crippen molar-refractivity contribution in [3.05, 3.63) is 42.3 Å². The van der Waals surface area contributed by atoms with Gasteiger partial charge in [0, 0.05) is 24.7 Å². The number of hydrogen-bond donors (Lipinski definition) is 2. The maximum absolute atomic E-state index is 5.59. The first kappa shape index (κ1) is 19.4. The van der Waals surface area contributed by atoms with Gasteiger partial charge in [-0.05, 0) is 51.9 Å². The molecule has 0 bridgehead atoms. The highest BCUT2D eigenvalue weighted by atomic mass is 16.3. The Balaban J connectivity index is 1.50. The number of oxazole rings is 1. The van der Waals surface area contributed by atoms with Crippen molar-refractivity contribution >= 4 is 5.96 Å². The highest BCUT2D eigenvalue weighted by Gasteiger charge is 2.27. The van der Waals surface area contributed by atoms with Crippen LogP contribution in [0.25, 0.3) is 11.5 Å². The Labute approximate surface area is 162 Å². The molecule has 1 saturated heterocycles. The molecule has 0 spiro atoms. The number of nitrogens with one attached hydrogen (secondary N) is 2. The molecule has 0 unspecified atom stereocenters. The first-order chi connectivity index (χ1) is 13.1. The lowest BCUT2D eigenvalue weighted by molar-refractivity contribution is 0.0982. The zero-order chi connectivity index (χ0) is 19.1. The first-order valence-electron chi connectivity index (χ1n) is 9.78. The van der Waals surface area contributed by atoms with Crippen molar-refractivity contribution in [2.75, 3.05) is 26.7 Å². The Hall–Kier alpha value is -2.34. The molecule has 2 heterocycles. The third kappa shape index (κ3) is 5.32. The van der Waals surface area contributed by atoms with Crippen molar-refractivity contribution < 1.29 is 4.42 Å². The Bertz CT molecular complexity index is 732. The van der Waals surface area contributed by atoms with E-state index in [9.17, 15) is 0 Å². The molecule has 1 aromatic heterocycles. The minimum atomic E-state index is 0.104. The van der Waals surface area contributed by atoms with Crippen LogP contribution < -0.4 is 10.6 Å². The molecule has 146 valence electrons. The molecule has 6 heteroatoms. The lowest BCUT2D eigenvalue weighted by Gasteiger charge is -2.41. The van der Waals surface area contributed by atoms with Gasteiger partial charge < -0.3 is 15.1 Å². The molecule has 3 rings (SSSR count). The molecule has 2 aromatic rings. The minimum absolute atomic E-state index is 0.104. The topological polar surface area (TPSA) is 65.7 Å². The fourth-order valence-corrected chi connectivity index (χ4v) is 3.41. The number of benzene rings is 1. The zero-order valence-electron chi connectivity index (χ0n) is 16.7. The number of hydrogen-bond acceptors (Lipinski definition) is 4. The predicted octanol–water partition coefficient (Wildman–Crippen LogP) is 3.27. The first-order valence-corrected chi connectivity index (χ1v) is 9.78. The minimum Gasteiger partial charge on any atom is -0.444 e. The maximum Gasteiger partial charge on any atom is 0.226 e. The standard InChI is InChI=1S/C21H31N5O/c1-21(2,26-12-8-5-9-13-26)16-24-20(22-3)23-14-18-15-27-19(25-18)17-10-6-4-7-11-17/h4,6-7,10-11,15H,5,8-9,12-14,16H2,1-3H3,(H2,22,23,24). The summed E-state index contributed by atoms with van der Waals surface area (Å²) in [5.74, 6) is 1.42. The molecule has 6 nitrogen and oxygen atoms in total. The highest BCUT2D eigenvalue weighted by Crippen LogP contribution is 2.20. The lowest BCUT2D eigenvalue weighted by atomic mass is 9.98. The van der Waals surface area contributed by atoms with Crippen LogP contribution >= 0.6 is 0 Å². The van der Waals surface area contributed by atoms with E-state index in [4.69, 9.17) is 4.42 Å². The number of nitrogens with zero attached hydrogens (tertiary/aromatic N) is 3. The molecule has 1 aromatic carbocycles. The van der Waals surface area contributed by atoms with Gasteiger partial charge >= 0.3 is 0 Å². The van der Waals surface area contributed by atoms with E-state index in [0.717, 1.165) is 23.8 Å². The molecule has 0 aliphatic carbocycles. The van der Waals surface area contributed by atoms with Crippen LogP contribution in [0.2, 0.25) is 0 Å². The van der Waals surface area contributed by atoms with Gasteiger partial charge in [0.1, 0.15) is 6.26 Å². The van der Waals surface area contributed by atoms with Crippen LogP contribution in [0, 0.1) is 0 Å². The summed E-state index contributed by atoms with van der Waals surface area (Å²) in [6, 6.07) is 9.93. The summed E-state index contributed by atoms with van der Waals surface area (Å²) < 4.78 is 5.59. The van der Waals surface area contributed by atoms with E-state index in [-0.39, 0.29) is 5.54 Å². The summed E-state index contributed by atoms with van der Waals surface area (Å²) in [6.45, 7) is 8.37. The fourth-order valence-electron chi connectivity index (χ4n) is 3.41. The van der Waals surface area contributed by atoms with Gasteiger partial charge in [0.2, 0.25) is 5.89 Å². The van der Waals surface area contributed by atoms with Gasteiger partial charge in [-0.3, -0.25) is 9.89 Å². The zero-order valence-corrected chi connectivity index (χ0v) is 16.7. The molecular weight excluding hydrogens is 338 g/mol.